The second-order valence-corrected chi connectivity index (χ2v) is 5.80. The smallest absolute Gasteiger partial charge is 0.115 e. The van der Waals surface area contributed by atoms with Crippen molar-refractivity contribution in [1.29, 1.82) is 0 Å². The molecule has 3 nitrogen and oxygen atoms in total. The van der Waals surface area contributed by atoms with Gasteiger partial charge in [0, 0.05) is 6.20 Å². The van der Waals surface area contributed by atoms with Gasteiger partial charge < -0.3 is 10.2 Å². The molecule has 0 radical (unpaired) electrons. The van der Waals surface area contributed by atoms with Crippen molar-refractivity contribution in [2.45, 2.75) is 18.4 Å². The van der Waals surface area contributed by atoms with Gasteiger partial charge in [0.25, 0.3) is 0 Å². The molecule has 0 saturated heterocycles. The maximum atomic E-state index is 11.3. The molecule has 0 saturated carbocycles. The van der Waals surface area contributed by atoms with E-state index in [0.717, 1.165) is 11.3 Å². The van der Waals surface area contributed by atoms with E-state index in [9.17, 15) is 10.2 Å². The van der Waals surface area contributed by atoms with E-state index >= 15 is 0 Å². The Labute approximate surface area is 135 Å². The first-order valence-corrected chi connectivity index (χ1v) is 7.57. The summed E-state index contributed by atoms with van der Waals surface area (Å²) < 4.78 is 0. The summed E-state index contributed by atoms with van der Waals surface area (Å²) in [5.74, 6) is -0.206. The van der Waals surface area contributed by atoms with E-state index in [4.69, 9.17) is 0 Å². The Balaban J connectivity index is 2.15. The number of nitrogens with zero attached hydrogens (tertiary/aromatic N) is 1. The topological polar surface area (TPSA) is 53.4 Å². The minimum Gasteiger partial charge on any atom is -0.508 e. The molecule has 0 bridgehead atoms. The lowest BCUT2D eigenvalue weighted by Crippen LogP contribution is -2.31. The Hall–Kier alpha value is -2.65. The van der Waals surface area contributed by atoms with Gasteiger partial charge in [-0.2, -0.15) is 0 Å². The van der Waals surface area contributed by atoms with Gasteiger partial charge in [0.15, 0.2) is 0 Å². The molecule has 3 heteroatoms. The fourth-order valence-electron chi connectivity index (χ4n) is 2.96. The van der Waals surface area contributed by atoms with Crippen LogP contribution in [0.4, 0.5) is 0 Å². The van der Waals surface area contributed by atoms with E-state index < -0.39 is 5.60 Å². The van der Waals surface area contributed by atoms with Gasteiger partial charge in [-0.25, -0.2) is 0 Å². The summed E-state index contributed by atoms with van der Waals surface area (Å²) in [4.78, 5) is 4.45. The third-order valence-corrected chi connectivity index (χ3v) is 4.11. The molecular weight excluding hydrogens is 286 g/mol. The standard InChI is InChI=1S/C20H19NO2/c1-20(23,16-10-7-11-17(22)14-16)19(15-8-3-2-4-9-15)18-12-5-6-13-21-18/h2-14,19,22-23H,1H3/t19-,20+/m1/s1. The molecule has 0 aliphatic carbocycles. The number of phenols is 1. The number of aliphatic hydroxyl groups is 1. The molecule has 116 valence electrons. The lowest BCUT2D eigenvalue weighted by Gasteiger charge is -2.33. The summed E-state index contributed by atoms with van der Waals surface area (Å²) in [7, 11) is 0. The van der Waals surface area contributed by atoms with Crippen LogP contribution in [0.2, 0.25) is 0 Å². The second kappa shape index (κ2) is 6.23. The van der Waals surface area contributed by atoms with Crippen LogP contribution < -0.4 is 0 Å². The number of hydrogen-bond donors (Lipinski definition) is 2. The third kappa shape index (κ3) is 3.10. The highest BCUT2D eigenvalue weighted by Gasteiger charge is 2.37. The average Bonchev–Trinajstić information content (AvgIpc) is 2.57. The fraction of sp³-hybridized carbons (Fsp3) is 0.150. The summed E-state index contributed by atoms with van der Waals surface area (Å²) in [5.41, 5.74) is 1.19. The number of hydrogen-bond acceptors (Lipinski definition) is 3. The first kappa shape index (κ1) is 15.3. The SMILES string of the molecule is C[C@](O)(c1cccc(O)c1)[C@H](c1ccccc1)c1ccccn1. The molecule has 0 fully saturated rings. The summed E-state index contributed by atoms with van der Waals surface area (Å²) in [6, 6.07) is 22.2. The third-order valence-electron chi connectivity index (χ3n) is 4.11. The van der Waals surface area contributed by atoms with E-state index in [-0.39, 0.29) is 11.7 Å². The highest BCUT2D eigenvalue weighted by molar-refractivity contribution is 5.39. The quantitative estimate of drug-likeness (QED) is 0.770. The summed E-state index contributed by atoms with van der Waals surface area (Å²) in [5, 5.41) is 21.1. The molecule has 2 N–H and O–H groups in total. The van der Waals surface area contributed by atoms with Crippen molar-refractivity contribution in [1.82, 2.24) is 4.98 Å². The van der Waals surface area contributed by atoms with Gasteiger partial charge in [-0.15, -0.1) is 0 Å². The van der Waals surface area contributed by atoms with Crippen molar-refractivity contribution in [2.24, 2.45) is 0 Å². The molecule has 1 aromatic heterocycles. The van der Waals surface area contributed by atoms with E-state index in [2.05, 4.69) is 4.98 Å². The van der Waals surface area contributed by atoms with Gasteiger partial charge in [-0.3, -0.25) is 4.98 Å². The maximum Gasteiger partial charge on any atom is 0.115 e. The number of benzene rings is 2. The zero-order valence-corrected chi connectivity index (χ0v) is 12.9. The number of pyridine rings is 1. The van der Waals surface area contributed by atoms with E-state index in [1.165, 1.54) is 0 Å². The van der Waals surface area contributed by atoms with Gasteiger partial charge in [-0.1, -0.05) is 48.5 Å². The molecule has 0 aliphatic heterocycles. The van der Waals surface area contributed by atoms with Gasteiger partial charge in [0.1, 0.15) is 5.75 Å². The molecule has 2 atom stereocenters. The van der Waals surface area contributed by atoms with Crippen molar-refractivity contribution in [3.63, 3.8) is 0 Å². The van der Waals surface area contributed by atoms with Crippen LogP contribution in [0.25, 0.3) is 0 Å². The van der Waals surface area contributed by atoms with E-state index in [1.54, 1.807) is 31.3 Å². The fourth-order valence-corrected chi connectivity index (χ4v) is 2.96. The predicted molar refractivity (Wildman–Crippen MR) is 90.2 cm³/mol. The van der Waals surface area contributed by atoms with Crippen LogP contribution in [0, 0.1) is 0 Å². The monoisotopic (exact) mass is 305 g/mol. The Morgan fingerprint density at radius 2 is 1.65 bits per heavy atom. The zero-order valence-electron chi connectivity index (χ0n) is 12.9. The summed E-state index contributed by atoms with van der Waals surface area (Å²) >= 11 is 0. The highest BCUT2D eigenvalue weighted by atomic mass is 16.3. The largest absolute Gasteiger partial charge is 0.508 e. The lowest BCUT2D eigenvalue weighted by molar-refractivity contribution is 0.0378. The van der Waals surface area contributed by atoms with Crippen LogP contribution >= 0.6 is 0 Å². The number of aromatic hydroxyl groups is 1. The average molecular weight is 305 g/mol. The van der Waals surface area contributed by atoms with Gasteiger partial charge in [-0.05, 0) is 42.3 Å². The molecule has 0 amide bonds. The number of phenolic OH excluding ortho intramolecular Hbond substituents is 1. The zero-order chi connectivity index (χ0) is 16.3. The van der Waals surface area contributed by atoms with E-state index in [0.29, 0.717) is 5.56 Å². The Kier molecular flexibility index (Phi) is 4.13. The second-order valence-electron chi connectivity index (χ2n) is 5.80. The molecule has 2 aromatic carbocycles. The van der Waals surface area contributed by atoms with Crippen LogP contribution in [0.15, 0.2) is 79.0 Å². The van der Waals surface area contributed by atoms with Crippen molar-refractivity contribution in [2.75, 3.05) is 0 Å². The number of rotatable bonds is 4. The van der Waals surface area contributed by atoms with Gasteiger partial charge >= 0.3 is 0 Å². The minimum absolute atomic E-state index is 0.135. The Morgan fingerprint density at radius 3 is 2.30 bits per heavy atom. The molecular formula is C20H19NO2. The van der Waals surface area contributed by atoms with Crippen LogP contribution in [0.1, 0.15) is 29.7 Å². The minimum atomic E-state index is -1.21. The summed E-state index contributed by atoms with van der Waals surface area (Å²) in [6.07, 6.45) is 1.73. The van der Waals surface area contributed by atoms with Crippen molar-refractivity contribution in [3.05, 3.63) is 95.8 Å². The van der Waals surface area contributed by atoms with Crippen LogP contribution in [-0.4, -0.2) is 15.2 Å². The molecule has 3 rings (SSSR count). The Morgan fingerprint density at radius 1 is 0.913 bits per heavy atom. The van der Waals surface area contributed by atoms with Crippen LogP contribution in [0.3, 0.4) is 0 Å². The normalized spacial score (nSPS) is 14.9. The molecule has 0 unspecified atom stereocenters. The van der Waals surface area contributed by atoms with E-state index in [1.807, 2.05) is 54.6 Å². The first-order valence-electron chi connectivity index (χ1n) is 7.57. The predicted octanol–water partition coefficient (Wildman–Crippen LogP) is 3.83. The number of aromatic nitrogens is 1. The van der Waals surface area contributed by atoms with Crippen LogP contribution in [0.5, 0.6) is 5.75 Å². The summed E-state index contributed by atoms with van der Waals surface area (Å²) in [6.45, 7) is 1.76. The molecule has 0 spiro atoms. The van der Waals surface area contributed by atoms with Gasteiger partial charge in [0.2, 0.25) is 0 Å². The molecule has 0 aliphatic rings. The molecule has 1 heterocycles. The maximum absolute atomic E-state index is 11.3. The van der Waals surface area contributed by atoms with Gasteiger partial charge in [0.05, 0.1) is 17.2 Å². The first-order chi connectivity index (χ1) is 11.1. The highest BCUT2D eigenvalue weighted by Crippen LogP contribution is 2.41. The molecule has 3 aromatic rings. The lowest BCUT2D eigenvalue weighted by atomic mass is 9.76. The van der Waals surface area contributed by atoms with Crippen molar-refractivity contribution >= 4 is 0 Å². The van der Waals surface area contributed by atoms with Crippen molar-refractivity contribution in [3.8, 4) is 5.75 Å². The Bertz CT molecular complexity index is 730. The molecule has 23 heavy (non-hydrogen) atoms. The van der Waals surface area contributed by atoms with Crippen LogP contribution in [-0.2, 0) is 5.60 Å². The van der Waals surface area contributed by atoms with Crippen molar-refractivity contribution < 1.29 is 10.2 Å².